The van der Waals surface area contributed by atoms with Gasteiger partial charge in [-0.2, -0.15) is 0 Å². The lowest BCUT2D eigenvalue weighted by Gasteiger charge is -2.45. The predicted octanol–water partition coefficient (Wildman–Crippen LogP) is 0.924. The van der Waals surface area contributed by atoms with Crippen molar-refractivity contribution in [1.29, 1.82) is 0 Å². The summed E-state index contributed by atoms with van der Waals surface area (Å²) in [6.45, 7) is 1.61. The standard InChI is InChI=1S/C12H15ClO4S/c1-6-9(14)10(15)11(16)12(18,17-6)7-2-4-8(13)5-3-7/h2-6,9-11,14-16,18H,1H3/t6-,9+,10+,11-,12+/m1/s1. The lowest BCUT2D eigenvalue weighted by Crippen LogP contribution is -2.59. The second kappa shape index (κ2) is 5.00. The average molecular weight is 291 g/mol. The Morgan fingerprint density at radius 2 is 1.72 bits per heavy atom. The molecule has 0 bridgehead atoms. The van der Waals surface area contributed by atoms with Gasteiger partial charge in [0.15, 0.2) is 4.93 Å². The van der Waals surface area contributed by atoms with Crippen LogP contribution in [0.2, 0.25) is 5.02 Å². The summed E-state index contributed by atoms with van der Waals surface area (Å²) in [6.07, 6.45) is -4.45. The predicted molar refractivity (Wildman–Crippen MR) is 70.7 cm³/mol. The molecule has 1 fully saturated rings. The van der Waals surface area contributed by atoms with Crippen LogP contribution in [0.3, 0.4) is 0 Å². The van der Waals surface area contributed by atoms with Gasteiger partial charge in [-0.3, -0.25) is 0 Å². The smallest absolute Gasteiger partial charge is 0.165 e. The first-order valence-corrected chi connectivity index (χ1v) is 6.39. The Balaban J connectivity index is 2.37. The number of hydrogen-bond donors (Lipinski definition) is 4. The maximum Gasteiger partial charge on any atom is 0.165 e. The van der Waals surface area contributed by atoms with E-state index in [1.54, 1.807) is 31.2 Å². The zero-order valence-electron chi connectivity index (χ0n) is 9.69. The molecule has 6 heteroatoms. The molecular weight excluding hydrogens is 276 g/mol. The van der Waals surface area contributed by atoms with Crippen molar-refractivity contribution in [3.05, 3.63) is 34.9 Å². The summed E-state index contributed by atoms with van der Waals surface area (Å²) in [5.74, 6) is 0. The molecule has 0 spiro atoms. The summed E-state index contributed by atoms with van der Waals surface area (Å²) in [4.78, 5) is -1.37. The monoisotopic (exact) mass is 290 g/mol. The van der Waals surface area contributed by atoms with Crippen LogP contribution in [0, 0.1) is 0 Å². The number of halogens is 1. The van der Waals surface area contributed by atoms with Crippen molar-refractivity contribution >= 4 is 24.2 Å². The number of ether oxygens (including phenoxy) is 1. The molecule has 1 aliphatic heterocycles. The molecule has 1 aromatic carbocycles. The average Bonchev–Trinajstić information content (AvgIpc) is 2.35. The normalized spacial score (nSPS) is 40.8. The Hall–Kier alpha value is -0.300. The summed E-state index contributed by atoms with van der Waals surface area (Å²) >= 11 is 10.1. The molecule has 1 heterocycles. The summed E-state index contributed by atoms with van der Waals surface area (Å²) in [7, 11) is 0. The van der Waals surface area contributed by atoms with Crippen LogP contribution in [-0.2, 0) is 9.67 Å². The summed E-state index contributed by atoms with van der Waals surface area (Å²) in [5.41, 5.74) is 0.570. The Kier molecular flexibility index (Phi) is 3.92. The van der Waals surface area contributed by atoms with Crippen LogP contribution in [0.5, 0.6) is 0 Å². The molecule has 0 unspecified atom stereocenters. The van der Waals surface area contributed by atoms with Gasteiger partial charge in [0.1, 0.15) is 18.3 Å². The van der Waals surface area contributed by atoms with Gasteiger partial charge in [-0.05, 0) is 24.6 Å². The van der Waals surface area contributed by atoms with Gasteiger partial charge in [-0.25, -0.2) is 0 Å². The van der Waals surface area contributed by atoms with Gasteiger partial charge < -0.3 is 20.1 Å². The van der Waals surface area contributed by atoms with E-state index in [9.17, 15) is 15.3 Å². The van der Waals surface area contributed by atoms with Crippen molar-refractivity contribution in [1.82, 2.24) is 0 Å². The van der Waals surface area contributed by atoms with Crippen LogP contribution in [0.25, 0.3) is 0 Å². The first-order chi connectivity index (χ1) is 8.36. The highest BCUT2D eigenvalue weighted by molar-refractivity contribution is 7.81. The van der Waals surface area contributed by atoms with Crippen LogP contribution >= 0.6 is 24.2 Å². The SMILES string of the molecule is C[C@H]1O[C@](S)(c2ccc(Cl)cc2)[C@H](O)[C@@H](O)[C@H]1O. The van der Waals surface area contributed by atoms with Crippen LogP contribution in [-0.4, -0.2) is 39.7 Å². The van der Waals surface area contributed by atoms with E-state index in [1.165, 1.54) is 0 Å². The Morgan fingerprint density at radius 1 is 1.17 bits per heavy atom. The number of thiol groups is 1. The molecule has 1 saturated heterocycles. The third-order valence-electron chi connectivity index (χ3n) is 3.18. The zero-order valence-corrected chi connectivity index (χ0v) is 11.3. The maximum absolute atomic E-state index is 10.1. The largest absolute Gasteiger partial charge is 0.388 e. The molecule has 18 heavy (non-hydrogen) atoms. The highest BCUT2D eigenvalue weighted by atomic mass is 35.5. The molecule has 1 aromatic rings. The molecule has 0 amide bonds. The molecule has 0 saturated carbocycles. The number of benzene rings is 1. The Morgan fingerprint density at radius 3 is 2.28 bits per heavy atom. The lowest BCUT2D eigenvalue weighted by atomic mass is 9.91. The highest BCUT2D eigenvalue weighted by Gasteiger charge is 2.51. The van der Waals surface area contributed by atoms with E-state index in [4.69, 9.17) is 16.3 Å². The van der Waals surface area contributed by atoms with Gasteiger partial charge in [-0.1, -0.05) is 23.7 Å². The minimum absolute atomic E-state index is 0.551. The second-order valence-electron chi connectivity index (χ2n) is 4.45. The van der Waals surface area contributed by atoms with Crippen molar-refractivity contribution in [2.45, 2.75) is 36.3 Å². The molecule has 1 aliphatic rings. The highest BCUT2D eigenvalue weighted by Crippen LogP contribution is 2.41. The van der Waals surface area contributed by atoms with E-state index >= 15 is 0 Å². The van der Waals surface area contributed by atoms with Crippen LogP contribution in [0.4, 0.5) is 0 Å². The van der Waals surface area contributed by atoms with E-state index in [0.29, 0.717) is 10.6 Å². The number of aliphatic hydroxyl groups excluding tert-OH is 3. The van der Waals surface area contributed by atoms with E-state index in [-0.39, 0.29) is 0 Å². The van der Waals surface area contributed by atoms with Gasteiger partial charge in [0.25, 0.3) is 0 Å². The fourth-order valence-corrected chi connectivity index (χ4v) is 2.64. The Bertz CT molecular complexity index is 427. The topological polar surface area (TPSA) is 69.9 Å². The molecule has 100 valence electrons. The van der Waals surface area contributed by atoms with Gasteiger partial charge in [-0.15, -0.1) is 12.6 Å². The third kappa shape index (κ3) is 2.27. The van der Waals surface area contributed by atoms with Crippen LogP contribution in [0.1, 0.15) is 12.5 Å². The van der Waals surface area contributed by atoms with Crippen LogP contribution < -0.4 is 0 Å². The van der Waals surface area contributed by atoms with Crippen molar-refractivity contribution in [2.75, 3.05) is 0 Å². The second-order valence-corrected chi connectivity index (χ2v) is 5.55. The molecular formula is C12H15ClO4S. The summed E-state index contributed by atoms with van der Waals surface area (Å²) in [6, 6.07) is 6.62. The van der Waals surface area contributed by atoms with E-state index in [0.717, 1.165) is 0 Å². The number of hydrogen-bond acceptors (Lipinski definition) is 5. The van der Waals surface area contributed by atoms with Crippen molar-refractivity contribution < 1.29 is 20.1 Å². The lowest BCUT2D eigenvalue weighted by molar-refractivity contribution is -0.233. The summed E-state index contributed by atoms with van der Waals surface area (Å²) in [5, 5.41) is 30.1. The maximum atomic E-state index is 10.1. The molecule has 0 aromatic heterocycles. The first kappa shape index (κ1) is 14.1. The number of aliphatic hydroxyl groups is 3. The first-order valence-electron chi connectivity index (χ1n) is 5.56. The molecule has 0 aliphatic carbocycles. The van der Waals surface area contributed by atoms with Crippen molar-refractivity contribution in [3.63, 3.8) is 0 Å². The van der Waals surface area contributed by atoms with E-state index in [1.807, 2.05) is 0 Å². The Labute approximate surface area is 116 Å². The van der Waals surface area contributed by atoms with Gasteiger partial charge in [0.2, 0.25) is 0 Å². The number of rotatable bonds is 1. The van der Waals surface area contributed by atoms with Gasteiger partial charge in [0.05, 0.1) is 6.10 Å². The quantitative estimate of drug-likeness (QED) is 0.581. The molecule has 2 rings (SSSR count). The van der Waals surface area contributed by atoms with E-state index in [2.05, 4.69) is 12.6 Å². The summed E-state index contributed by atoms with van der Waals surface area (Å²) < 4.78 is 5.56. The minimum atomic E-state index is -1.37. The minimum Gasteiger partial charge on any atom is -0.388 e. The van der Waals surface area contributed by atoms with Gasteiger partial charge in [0, 0.05) is 5.02 Å². The molecule has 0 radical (unpaired) electrons. The molecule has 4 nitrogen and oxygen atoms in total. The molecule has 5 atom stereocenters. The van der Waals surface area contributed by atoms with Gasteiger partial charge >= 0.3 is 0 Å². The van der Waals surface area contributed by atoms with E-state index < -0.39 is 29.3 Å². The van der Waals surface area contributed by atoms with Crippen molar-refractivity contribution in [2.24, 2.45) is 0 Å². The van der Waals surface area contributed by atoms with Crippen LogP contribution in [0.15, 0.2) is 24.3 Å². The fourth-order valence-electron chi connectivity index (χ4n) is 2.05. The fraction of sp³-hybridized carbons (Fsp3) is 0.500. The molecule has 3 N–H and O–H groups in total. The third-order valence-corrected chi connectivity index (χ3v) is 4.06. The zero-order chi connectivity index (χ0) is 13.5. The van der Waals surface area contributed by atoms with Crippen molar-refractivity contribution in [3.8, 4) is 0 Å².